The van der Waals surface area contributed by atoms with Gasteiger partial charge in [0.05, 0.1) is 12.2 Å². The summed E-state index contributed by atoms with van der Waals surface area (Å²) in [4.78, 5) is 0. The number of fused-ring (bicyclic) bond motifs is 1. The van der Waals surface area contributed by atoms with Crippen LogP contribution >= 0.6 is 0 Å². The van der Waals surface area contributed by atoms with Crippen LogP contribution < -0.4 is 0 Å². The lowest BCUT2D eigenvalue weighted by molar-refractivity contribution is 0.107. The van der Waals surface area contributed by atoms with E-state index < -0.39 is 0 Å². The Morgan fingerprint density at radius 1 is 1.33 bits per heavy atom. The Balaban J connectivity index is 1.61. The van der Waals surface area contributed by atoms with Crippen molar-refractivity contribution in [1.29, 1.82) is 0 Å². The van der Waals surface area contributed by atoms with Gasteiger partial charge in [-0.15, -0.1) is 0 Å². The van der Waals surface area contributed by atoms with Crippen LogP contribution in [0.4, 0.5) is 0 Å². The van der Waals surface area contributed by atoms with Crippen molar-refractivity contribution in [1.82, 2.24) is 0 Å². The Hall–Kier alpha value is 0.137. The standard InChI is InChI=1S/C12H24O2Si/c1-12(2,14-15)7-3-4-9-5-6-10-11(8-9)13-10/h9-11H,3-8H2,1-2,15H3. The highest BCUT2D eigenvalue weighted by Gasteiger charge is 2.43. The maximum atomic E-state index is 5.57. The lowest BCUT2D eigenvalue weighted by Gasteiger charge is -2.25. The molecule has 15 heavy (non-hydrogen) atoms. The Bertz CT molecular complexity index is 218. The third-order valence-corrected chi connectivity index (χ3v) is 5.16. The second kappa shape index (κ2) is 4.56. The van der Waals surface area contributed by atoms with Gasteiger partial charge in [-0.05, 0) is 45.4 Å². The highest BCUT2D eigenvalue weighted by atomic mass is 28.2. The van der Waals surface area contributed by atoms with E-state index in [0.717, 1.165) is 16.4 Å². The van der Waals surface area contributed by atoms with Gasteiger partial charge in [0.15, 0.2) is 0 Å². The minimum Gasteiger partial charge on any atom is -0.423 e. The van der Waals surface area contributed by atoms with E-state index in [9.17, 15) is 0 Å². The molecule has 2 aliphatic rings. The van der Waals surface area contributed by atoms with Crippen molar-refractivity contribution in [2.75, 3.05) is 0 Å². The summed E-state index contributed by atoms with van der Waals surface area (Å²) in [6, 6.07) is 0. The van der Waals surface area contributed by atoms with Gasteiger partial charge in [0.2, 0.25) is 0 Å². The van der Waals surface area contributed by atoms with Gasteiger partial charge in [-0.25, -0.2) is 0 Å². The summed E-state index contributed by atoms with van der Waals surface area (Å²) >= 11 is 0. The van der Waals surface area contributed by atoms with E-state index in [1.165, 1.54) is 38.5 Å². The fourth-order valence-electron chi connectivity index (χ4n) is 2.67. The summed E-state index contributed by atoms with van der Waals surface area (Å²) in [5.74, 6) is 0.929. The third kappa shape index (κ3) is 3.30. The first-order chi connectivity index (χ1) is 7.11. The molecule has 3 unspecified atom stereocenters. The smallest absolute Gasteiger partial charge is 0.146 e. The average Bonchev–Trinajstić information content (AvgIpc) is 2.96. The van der Waals surface area contributed by atoms with Crippen molar-refractivity contribution in [3.63, 3.8) is 0 Å². The number of ether oxygens (including phenoxy) is 1. The molecule has 1 heterocycles. The van der Waals surface area contributed by atoms with E-state index in [1.807, 2.05) is 0 Å². The fraction of sp³-hybridized carbons (Fsp3) is 1.00. The molecule has 3 atom stereocenters. The van der Waals surface area contributed by atoms with Gasteiger partial charge in [-0.2, -0.15) is 0 Å². The molecule has 0 aromatic carbocycles. The molecular weight excluding hydrogens is 204 g/mol. The second-order valence-electron chi connectivity index (χ2n) is 5.75. The molecule has 0 amide bonds. The summed E-state index contributed by atoms with van der Waals surface area (Å²) in [6.45, 7) is 4.42. The Kier molecular flexibility index (Phi) is 3.53. The van der Waals surface area contributed by atoms with Crippen LogP contribution in [0.2, 0.25) is 0 Å². The van der Waals surface area contributed by atoms with E-state index in [-0.39, 0.29) is 5.60 Å². The summed E-state index contributed by atoms with van der Waals surface area (Å²) in [6.07, 6.45) is 9.24. The van der Waals surface area contributed by atoms with Crippen molar-refractivity contribution in [2.24, 2.45) is 5.92 Å². The Morgan fingerprint density at radius 2 is 2.13 bits per heavy atom. The van der Waals surface area contributed by atoms with Crippen LogP contribution in [0.15, 0.2) is 0 Å². The zero-order valence-electron chi connectivity index (χ0n) is 10.3. The number of epoxide rings is 1. The number of hydrogen-bond acceptors (Lipinski definition) is 2. The first kappa shape index (κ1) is 11.6. The fourth-order valence-corrected chi connectivity index (χ4v) is 2.87. The maximum absolute atomic E-state index is 5.57. The molecular formula is C12H24O2Si. The normalized spacial score (nSPS) is 35.2. The van der Waals surface area contributed by atoms with E-state index in [2.05, 4.69) is 13.8 Å². The zero-order valence-corrected chi connectivity index (χ0v) is 12.3. The van der Waals surface area contributed by atoms with Crippen LogP contribution in [-0.4, -0.2) is 28.3 Å². The van der Waals surface area contributed by atoms with Crippen molar-refractivity contribution in [2.45, 2.75) is 70.2 Å². The molecule has 0 spiro atoms. The SMILES string of the molecule is CC(C)(CCCC1CCC2OC2C1)O[SiH3]. The van der Waals surface area contributed by atoms with Crippen LogP contribution in [0.3, 0.4) is 0 Å². The Morgan fingerprint density at radius 3 is 2.80 bits per heavy atom. The van der Waals surface area contributed by atoms with E-state index >= 15 is 0 Å². The van der Waals surface area contributed by atoms with Gasteiger partial charge in [-0.1, -0.05) is 12.8 Å². The molecule has 2 nitrogen and oxygen atoms in total. The summed E-state index contributed by atoms with van der Waals surface area (Å²) < 4.78 is 11.1. The lowest BCUT2D eigenvalue weighted by Crippen LogP contribution is -2.23. The van der Waals surface area contributed by atoms with Gasteiger partial charge in [0.25, 0.3) is 0 Å². The van der Waals surface area contributed by atoms with Crippen LogP contribution in [0.1, 0.15) is 52.4 Å². The molecule has 1 saturated heterocycles. The first-order valence-electron chi connectivity index (χ1n) is 6.31. The predicted octanol–water partition coefficient (Wildman–Crippen LogP) is 1.80. The molecule has 2 rings (SSSR count). The molecule has 1 aliphatic heterocycles. The quantitative estimate of drug-likeness (QED) is 0.529. The van der Waals surface area contributed by atoms with Gasteiger partial charge in [0, 0.05) is 5.60 Å². The molecule has 0 radical (unpaired) electrons. The van der Waals surface area contributed by atoms with Crippen LogP contribution in [0, 0.1) is 5.92 Å². The molecule has 0 N–H and O–H groups in total. The highest BCUT2D eigenvalue weighted by Crippen LogP contribution is 2.41. The molecule has 0 aromatic heterocycles. The van der Waals surface area contributed by atoms with Crippen LogP contribution in [0.5, 0.6) is 0 Å². The Labute approximate surface area is 96.3 Å². The van der Waals surface area contributed by atoms with Crippen LogP contribution in [0.25, 0.3) is 0 Å². The predicted molar refractivity (Wildman–Crippen MR) is 65.0 cm³/mol. The second-order valence-corrected chi connectivity index (χ2v) is 6.16. The monoisotopic (exact) mass is 228 g/mol. The topological polar surface area (TPSA) is 21.8 Å². The molecule has 0 aromatic rings. The molecule has 3 heteroatoms. The summed E-state index contributed by atoms with van der Waals surface area (Å²) in [7, 11) is 0.857. The number of rotatable bonds is 5. The minimum absolute atomic E-state index is 0.125. The maximum Gasteiger partial charge on any atom is 0.146 e. The van der Waals surface area contributed by atoms with Crippen LogP contribution in [-0.2, 0) is 9.16 Å². The summed E-state index contributed by atoms with van der Waals surface area (Å²) in [5, 5.41) is 0. The molecule has 2 fully saturated rings. The van der Waals surface area contributed by atoms with Crippen molar-refractivity contribution in [3.8, 4) is 0 Å². The van der Waals surface area contributed by atoms with E-state index in [0.29, 0.717) is 12.2 Å². The lowest BCUT2D eigenvalue weighted by atomic mass is 9.85. The van der Waals surface area contributed by atoms with Gasteiger partial charge in [-0.3, -0.25) is 0 Å². The zero-order chi connectivity index (χ0) is 10.9. The van der Waals surface area contributed by atoms with Gasteiger partial charge < -0.3 is 9.16 Å². The van der Waals surface area contributed by atoms with Gasteiger partial charge >= 0.3 is 0 Å². The molecule has 0 bridgehead atoms. The average molecular weight is 228 g/mol. The minimum atomic E-state index is 0.125. The van der Waals surface area contributed by atoms with Crippen molar-refractivity contribution < 1.29 is 9.16 Å². The van der Waals surface area contributed by atoms with E-state index in [4.69, 9.17) is 9.16 Å². The molecule has 88 valence electrons. The molecule has 1 saturated carbocycles. The third-order valence-electron chi connectivity index (χ3n) is 4.06. The highest BCUT2D eigenvalue weighted by molar-refractivity contribution is 5.98. The first-order valence-corrected chi connectivity index (χ1v) is 7.13. The van der Waals surface area contributed by atoms with E-state index in [1.54, 1.807) is 0 Å². The molecule has 1 aliphatic carbocycles. The van der Waals surface area contributed by atoms with Crippen molar-refractivity contribution >= 4 is 10.5 Å². The largest absolute Gasteiger partial charge is 0.423 e. The number of hydrogen-bond donors (Lipinski definition) is 0. The summed E-state index contributed by atoms with van der Waals surface area (Å²) in [5.41, 5.74) is 0.125. The van der Waals surface area contributed by atoms with Crippen molar-refractivity contribution in [3.05, 3.63) is 0 Å². The van der Waals surface area contributed by atoms with Gasteiger partial charge in [0.1, 0.15) is 10.5 Å².